The van der Waals surface area contributed by atoms with E-state index in [1.807, 2.05) is 4.90 Å². The number of halogens is 1. The lowest BCUT2D eigenvalue weighted by Crippen LogP contribution is -2.45. The highest BCUT2D eigenvalue weighted by molar-refractivity contribution is 6.30. The number of amides is 1. The number of carbonyl (C=O) groups is 2. The highest BCUT2D eigenvalue weighted by Gasteiger charge is 2.27. The van der Waals surface area contributed by atoms with Crippen molar-refractivity contribution in [1.29, 1.82) is 0 Å². The third kappa shape index (κ3) is 6.92. The molecule has 0 radical (unpaired) electrons. The molecule has 0 spiro atoms. The summed E-state index contributed by atoms with van der Waals surface area (Å²) < 4.78 is 10.6. The summed E-state index contributed by atoms with van der Waals surface area (Å²) >= 11 is 5.81. The Morgan fingerprint density at radius 2 is 2.08 bits per heavy atom. The van der Waals surface area contributed by atoms with Crippen LogP contribution in [0.2, 0.25) is 5.02 Å². The van der Waals surface area contributed by atoms with Gasteiger partial charge in [0, 0.05) is 11.6 Å². The van der Waals surface area contributed by atoms with Gasteiger partial charge in [0.25, 0.3) is 0 Å². The molecule has 1 aromatic rings. The third-order valence-corrected chi connectivity index (χ3v) is 4.25. The molecule has 1 amide bonds. The summed E-state index contributed by atoms with van der Waals surface area (Å²) in [7, 11) is 0. The molecule has 1 fully saturated rings. The van der Waals surface area contributed by atoms with E-state index in [4.69, 9.17) is 21.1 Å². The zero-order valence-electron chi connectivity index (χ0n) is 14.5. The van der Waals surface area contributed by atoms with Crippen molar-refractivity contribution in [1.82, 2.24) is 10.2 Å². The van der Waals surface area contributed by atoms with Crippen LogP contribution >= 0.6 is 11.6 Å². The van der Waals surface area contributed by atoms with E-state index in [1.54, 1.807) is 31.2 Å². The summed E-state index contributed by atoms with van der Waals surface area (Å²) in [6.45, 7) is 4.70. The summed E-state index contributed by atoms with van der Waals surface area (Å²) in [5.74, 6) is 0.356. The van der Waals surface area contributed by atoms with Crippen LogP contribution in [0.4, 0.5) is 0 Å². The molecule has 1 N–H and O–H groups in total. The molecule has 0 aliphatic carbocycles. The van der Waals surface area contributed by atoms with E-state index in [-0.39, 0.29) is 24.3 Å². The molecular weight excluding hydrogens is 344 g/mol. The van der Waals surface area contributed by atoms with Crippen molar-refractivity contribution in [2.75, 3.05) is 39.4 Å². The number of ether oxygens (including phenoxy) is 2. The molecule has 7 heteroatoms. The lowest BCUT2D eigenvalue weighted by molar-refractivity contribution is -0.150. The van der Waals surface area contributed by atoms with Crippen LogP contribution in [-0.2, 0) is 14.3 Å². The first-order chi connectivity index (χ1) is 12.1. The second-order valence-electron chi connectivity index (χ2n) is 5.98. The van der Waals surface area contributed by atoms with Crippen LogP contribution in [0.1, 0.15) is 19.8 Å². The van der Waals surface area contributed by atoms with E-state index in [2.05, 4.69) is 5.32 Å². The number of rotatable bonds is 8. The average molecular weight is 369 g/mol. The Kier molecular flexibility index (Phi) is 8.01. The summed E-state index contributed by atoms with van der Waals surface area (Å²) in [6, 6.07) is 7.08. The lowest BCUT2D eigenvalue weighted by atomic mass is 9.98. The predicted octanol–water partition coefficient (Wildman–Crippen LogP) is 2.11. The molecule has 2 rings (SSSR count). The largest absolute Gasteiger partial charge is 0.492 e. The van der Waals surface area contributed by atoms with Gasteiger partial charge in [0.1, 0.15) is 12.4 Å². The minimum Gasteiger partial charge on any atom is -0.492 e. The Balaban J connectivity index is 1.64. The van der Waals surface area contributed by atoms with E-state index in [1.165, 1.54) is 0 Å². The van der Waals surface area contributed by atoms with Crippen molar-refractivity contribution in [3.8, 4) is 5.75 Å². The first-order valence-corrected chi connectivity index (χ1v) is 9.00. The zero-order chi connectivity index (χ0) is 18.1. The lowest BCUT2D eigenvalue weighted by Gasteiger charge is -2.30. The van der Waals surface area contributed by atoms with Crippen LogP contribution in [0.15, 0.2) is 24.3 Å². The number of likely N-dealkylation sites (tertiary alicyclic amines) is 1. The normalized spacial score (nSPS) is 17.8. The Labute approximate surface area is 153 Å². The topological polar surface area (TPSA) is 67.9 Å². The van der Waals surface area contributed by atoms with Crippen LogP contribution < -0.4 is 10.1 Å². The molecule has 1 aliphatic heterocycles. The van der Waals surface area contributed by atoms with Crippen molar-refractivity contribution in [2.24, 2.45) is 5.92 Å². The average Bonchev–Trinajstić information content (AvgIpc) is 2.61. The Hall–Kier alpha value is -1.79. The van der Waals surface area contributed by atoms with Gasteiger partial charge in [0.15, 0.2) is 0 Å². The van der Waals surface area contributed by atoms with Crippen molar-refractivity contribution >= 4 is 23.5 Å². The van der Waals surface area contributed by atoms with Crippen molar-refractivity contribution in [3.05, 3.63) is 29.3 Å². The van der Waals surface area contributed by atoms with Gasteiger partial charge in [0.05, 0.1) is 25.6 Å². The number of hydrogen-bond donors (Lipinski definition) is 1. The van der Waals surface area contributed by atoms with E-state index in [0.29, 0.717) is 37.1 Å². The predicted molar refractivity (Wildman–Crippen MR) is 95.8 cm³/mol. The number of esters is 1. The molecule has 1 atom stereocenters. The van der Waals surface area contributed by atoms with Crippen LogP contribution in [0.5, 0.6) is 5.75 Å². The van der Waals surface area contributed by atoms with Gasteiger partial charge in [-0.15, -0.1) is 0 Å². The highest BCUT2D eigenvalue weighted by atomic mass is 35.5. The van der Waals surface area contributed by atoms with Gasteiger partial charge in [-0.2, -0.15) is 0 Å². The Morgan fingerprint density at radius 1 is 1.32 bits per heavy atom. The Morgan fingerprint density at radius 3 is 2.80 bits per heavy atom. The minimum atomic E-state index is -0.163. The Bertz CT molecular complexity index is 565. The van der Waals surface area contributed by atoms with Crippen molar-refractivity contribution < 1.29 is 19.1 Å². The number of piperidine rings is 1. The monoisotopic (exact) mass is 368 g/mol. The first kappa shape index (κ1) is 19.5. The fraction of sp³-hybridized carbons (Fsp3) is 0.556. The number of hydrogen-bond acceptors (Lipinski definition) is 5. The van der Waals surface area contributed by atoms with E-state index < -0.39 is 0 Å². The van der Waals surface area contributed by atoms with Crippen molar-refractivity contribution in [2.45, 2.75) is 19.8 Å². The number of carbonyl (C=O) groups excluding carboxylic acids is 2. The fourth-order valence-corrected chi connectivity index (χ4v) is 2.93. The van der Waals surface area contributed by atoms with Gasteiger partial charge in [-0.05, 0) is 50.6 Å². The summed E-state index contributed by atoms with van der Waals surface area (Å²) in [5.41, 5.74) is 0. The van der Waals surface area contributed by atoms with Crippen LogP contribution in [-0.4, -0.2) is 56.2 Å². The van der Waals surface area contributed by atoms with Gasteiger partial charge in [-0.3, -0.25) is 14.5 Å². The molecule has 0 aromatic heterocycles. The SMILES string of the molecule is CCOC(=O)[C@H]1CCCN(CC(=O)NCCOc2ccc(Cl)cc2)C1. The molecule has 1 heterocycles. The van der Waals surface area contributed by atoms with E-state index >= 15 is 0 Å². The summed E-state index contributed by atoms with van der Waals surface area (Å²) in [6.07, 6.45) is 1.72. The molecule has 1 aromatic carbocycles. The maximum Gasteiger partial charge on any atom is 0.310 e. The van der Waals surface area contributed by atoms with Crippen LogP contribution in [0.25, 0.3) is 0 Å². The maximum absolute atomic E-state index is 12.0. The fourth-order valence-electron chi connectivity index (χ4n) is 2.80. The second kappa shape index (κ2) is 10.3. The van der Waals surface area contributed by atoms with Gasteiger partial charge in [-0.25, -0.2) is 0 Å². The smallest absolute Gasteiger partial charge is 0.310 e. The minimum absolute atomic E-state index is 0.0655. The summed E-state index contributed by atoms with van der Waals surface area (Å²) in [5, 5.41) is 3.49. The maximum atomic E-state index is 12.0. The molecule has 0 bridgehead atoms. The quantitative estimate of drug-likeness (QED) is 0.562. The van der Waals surface area contributed by atoms with Gasteiger partial charge < -0.3 is 14.8 Å². The first-order valence-electron chi connectivity index (χ1n) is 8.62. The number of benzene rings is 1. The molecule has 0 unspecified atom stereocenters. The molecule has 25 heavy (non-hydrogen) atoms. The zero-order valence-corrected chi connectivity index (χ0v) is 15.3. The number of nitrogens with zero attached hydrogens (tertiary/aromatic N) is 1. The third-order valence-electron chi connectivity index (χ3n) is 4.00. The molecule has 1 aliphatic rings. The summed E-state index contributed by atoms with van der Waals surface area (Å²) in [4.78, 5) is 25.8. The molecule has 1 saturated heterocycles. The molecule has 6 nitrogen and oxygen atoms in total. The van der Waals surface area contributed by atoms with Crippen molar-refractivity contribution in [3.63, 3.8) is 0 Å². The highest BCUT2D eigenvalue weighted by Crippen LogP contribution is 2.17. The second-order valence-corrected chi connectivity index (χ2v) is 6.42. The molecule has 0 saturated carbocycles. The van der Waals surface area contributed by atoms with E-state index in [9.17, 15) is 9.59 Å². The van der Waals surface area contributed by atoms with Crippen LogP contribution in [0.3, 0.4) is 0 Å². The number of nitrogens with one attached hydrogen (secondary N) is 1. The molecule has 138 valence electrons. The van der Waals surface area contributed by atoms with Crippen LogP contribution in [0, 0.1) is 5.92 Å². The van der Waals surface area contributed by atoms with Gasteiger partial charge in [-0.1, -0.05) is 11.6 Å². The standard InChI is InChI=1S/C18H25ClN2O4/c1-2-24-18(23)14-4-3-10-21(12-14)13-17(22)20-9-11-25-16-7-5-15(19)6-8-16/h5-8,14H,2-4,9-13H2,1H3,(H,20,22)/t14-/m0/s1. The molecular formula is C18H25ClN2O4. The van der Waals surface area contributed by atoms with Gasteiger partial charge >= 0.3 is 5.97 Å². The van der Waals surface area contributed by atoms with Gasteiger partial charge in [0.2, 0.25) is 5.91 Å². The van der Waals surface area contributed by atoms with E-state index in [0.717, 1.165) is 19.4 Å².